The van der Waals surface area contributed by atoms with Gasteiger partial charge in [-0.1, -0.05) is 23.7 Å². The Morgan fingerprint density at radius 1 is 1.29 bits per heavy atom. The fourth-order valence-corrected chi connectivity index (χ4v) is 1.99. The van der Waals surface area contributed by atoms with E-state index >= 15 is 0 Å². The number of hydrogen-bond acceptors (Lipinski definition) is 2. The third-order valence-electron chi connectivity index (χ3n) is 3.02. The van der Waals surface area contributed by atoms with Gasteiger partial charge in [0.05, 0.1) is 0 Å². The Labute approximate surface area is 126 Å². The molecular formula is C16H14ClFO3. The number of halogens is 2. The quantitative estimate of drug-likeness (QED) is 0.912. The Kier molecular flexibility index (Phi) is 4.81. The molecule has 0 aliphatic heterocycles. The smallest absolute Gasteiger partial charge is 0.345 e. The molecule has 0 aliphatic rings. The third-order valence-corrected chi connectivity index (χ3v) is 3.44. The summed E-state index contributed by atoms with van der Waals surface area (Å²) in [7, 11) is 0. The van der Waals surface area contributed by atoms with Crippen LogP contribution in [0.5, 0.6) is 5.75 Å². The summed E-state index contributed by atoms with van der Waals surface area (Å²) >= 11 is 5.92. The zero-order chi connectivity index (χ0) is 15.4. The molecule has 0 fully saturated rings. The lowest BCUT2D eigenvalue weighted by molar-refractivity contribution is -0.145. The molecule has 0 amide bonds. The molecule has 0 aromatic heterocycles. The molecule has 2 aromatic carbocycles. The third kappa shape index (κ3) is 4.20. The van der Waals surface area contributed by atoms with E-state index in [2.05, 4.69) is 0 Å². The van der Waals surface area contributed by atoms with E-state index < -0.39 is 12.1 Å². The van der Waals surface area contributed by atoms with Crippen molar-refractivity contribution in [1.82, 2.24) is 0 Å². The molecule has 21 heavy (non-hydrogen) atoms. The summed E-state index contributed by atoms with van der Waals surface area (Å²) in [5.74, 6) is -1.00. The summed E-state index contributed by atoms with van der Waals surface area (Å²) in [6.07, 6.45) is -0.895. The first-order valence-corrected chi connectivity index (χ1v) is 6.73. The molecule has 3 nitrogen and oxygen atoms in total. The van der Waals surface area contributed by atoms with Gasteiger partial charge in [-0.2, -0.15) is 0 Å². The van der Waals surface area contributed by atoms with Gasteiger partial charge < -0.3 is 9.84 Å². The standard InChI is InChI=1S/C16H14ClFO3/c1-10-8-13(6-7-14(10)17)21-15(16(19)20)9-11-2-4-12(18)5-3-11/h2-8,15H,9H2,1H3,(H,19,20)/t15-/m1/s1. The molecule has 2 rings (SSSR count). The van der Waals surface area contributed by atoms with Crippen molar-refractivity contribution in [2.24, 2.45) is 0 Å². The first kappa shape index (κ1) is 15.3. The number of carboxylic acids is 1. The van der Waals surface area contributed by atoms with E-state index in [1.165, 1.54) is 12.1 Å². The fraction of sp³-hybridized carbons (Fsp3) is 0.188. The summed E-state index contributed by atoms with van der Waals surface area (Å²) in [6, 6.07) is 10.6. The van der Waals surface area contributed by atoms with E-state index in [9.17, 15) is 14.3 Å². The lowest BCUT2D eigenvalue weighted by Gasteiger charge is -2.16. The molecule has 0 radical (unpaired) electrons. The van der Waals surface area contributed by atoms with Crippen molar-refractivity contribution in [2.45, 2.75) is 19.4 Å². The van der Waals surface area contributed by atoms with Crippen molar-refractivity contribution in [1.29, 1.82) is 0 Å². The van der Waals surface area contributed by atoms with Crippen molar-refractivity contribution in [3.8, 4) is 5.75 Å². The molecule has 0 bridgehead atoms. The largest absolute Gasteiger partial charge is 0.478 e. The molecule has 2 aromatic rings. The van der Waals surface area contributed by atoms with E-state index in [0.29, 0.717) is 16.3 Å². The lowest BCUT2D eigenvalue weighted by Crippen LogP contribution is -2.29. The molecule has 0 spiro atoms. The Balaban J connectivity index is 2.13. The molecule has 0 saturated heterocycles. The molecule has 0 aliphatic carbocycles. The molecule has 0 heterocycles. The van der Waals surface area contributed by atoms with Gasteiger partial charge in [-0.25, -0.2) is 9.18 Å². The van der Waals surface area contributed by atoms with Crippen LogP contribution in [0.3, 0.4) is 0 Å². The van der Waals surface area contributed by atoms with E-state index in [-0.39, 0.29) is 12.2 Å². The number of carbonyl (C=O) groups is 1. The highest BCUT2D eigenvalue weighted by molar-refractivity contribution is 6.31. The number of aryl methyl sites for hydroxylation is 1. The predicted molar refractivity (Wildman–Crippen MR) is 78.3 cm³/mol. The van der Waals surface area contributed by atoms with E-state index in [1.807, 2.05) is 6.92 Å². The van der Waals surface area contributed by atoms with Crippen LogP contribution in [0.1, 0.15) is 11.1 Å². The van der Waals surface area contributed by atoms with E-state index in [1.54, 1.807) is 30.3 Å². The Bertz CT molecular complexity index is 640. The van der Waals surface area contributed by atoms with E-state index in [4.69, 9.17) is 16.3 Å². The zero-order valence-corrected chi connectivity index (χ0v) is 12.1. The van der Waals surface area contributed by atoms with Gasteiger partial charge >= 0.3 is 5.97 Å². The summed E-state index contributed by atoms with van der Waals surface area (Å²) in [4.78, 5) is 11.3. The van der Waals surface area contributed by atoms with Gasteiger partial charge in [0.1, 0.15) is 11.6 Å². The Morgan fingerprint density at radius 2 is 1.95 bits per heavy atom. The second kappa shape index (κ2) is 6.59. The van der Waals surface area contributed by atoms with Crippen LogP contribution in [0.15, 0.2) is 42.5 Å². The van der Waals surface area contributed by atoms with Gasteiger partial charge in [0.2, 0.25) is 0 Å². The minimum absolute atomic E-state index is 0.150. The maximum Gasteiger partial charge on any atom is 0.345 e. The van der Waals surface area contributed by atoms with E-state index in [0.717, 1.165) is 5.56 Å². The Hall–Kier alpha value is -2.07. The van der Waals surface area contributed by atoms with Crippen LogP contribution in [0.4, 0.5) is 4.39 Å². The Morgan fingerprint density at radius 3 is 2.52 bits per heavy atom. The molecule has 110 valence electrons. The lowest BCUT2D eigenvalue weighted by atomic mass is 10.1. The van der Waals surface area contributed by atoms with Crippen LogP contribution in [0.25, 0.3) is 0 Å². The maximum atomic E-state index is 12.9. The molecular weight excluding hydrogens is 295 g/mol. The highest BCUT2D eigenvalue weighted by atomic mass is 35.5. The van der Waals surface area contributed by atoms with Crippen molar-refractivity contribution in [3.05, 3.63) is 64.4 Å². The second-order valence-corrected chi connectivity index (χ2v) is 5.09. The number of carboxylic acid groups (broad SMARTS) is 1. The highest BCUT2D eigenvalue weighted by Gasteiger charge is 2.20. The van der Waals surface area contributed by atoms with Crippen LogP contribution in [-0.2, 0) is 11.2 Å². The molecule has 0 unspecified atom stereocenters. The topological polar surface area (TPSA) is 46.5 Å². The number of rotatable bonds is 5. The minimum atomic E-state index is -1.08. The van der Waals surface area contributed by atoms with Crippen molar-refractivity contribution in [2.75, 3.05) is 0 Å². The average molecular weight is 309 g/mol. The van der Waals surface area contributed by atoms with Gasteiger partial charge in [-0.3, -0.25) is 0 Å². The summed E-state index contributed by atoms with van der Waals surface area (Å²) in [5, 5.41) is 9.84. The number of ether oxygens (including phenoxy) is 1. The van der Waals surface area contributed by atoms with Gasteiger partial charge in [0.25, 0.3) is 0 Å². The van der Waals surface area contributed by atoms with Gasteiger partial charge in [0, 0.05) is 11.4 Å². The first-order chi connectivity index (χ1) is 9.95. The van der Waals surface area contributed by atoms with Gasteiger partial charge in [-0.15, -0.1) is 0 Å². The number of benzene rings is 2. The monoisotopic (exact) mass is 308 g/mol. The minimum Gasteiger partial charge on any atom is -0.478 e. The second-order valence-electron chi connectivity index (χ2n) is 4.69. The summed E-state index contributed by atoms with van der Waals surface area (Å²) < 4.78 is 18.3. The average Bonchev–Trinajstić information content (AvgIpc) is 2.44. The normalized spacial score (nSPS) is 12.0. The van der Waals surface area contributed by atoms with Crippen LogP contribution in [0.2, 0.25) is 5.02 Å². The van der Waals surface area contributed by atoms with Crippen molar-refractivity contribution >= 4 is 17.6 Å². The molecule has 1 N–H and O–H groups in total. The summed E-state index contributed by atoms with van der Waals surface area (Å²) in [5.41, 5.74) is 1.49. The highest BCUT2D eigenvalue weighted by Crippen LogP contribution is 2.22. The van der Waals surface area contributed by atoms with Gasteiger partial charge in [-0.05, 0) is 48.4 Å². The maximum absolute atomic E-state index is 12.9. The summed E-state index contributed by atoms with van der Waals surface area (Å²) in [6.45, 7) is 1.81. The molecule has 1 atom stereocenters. The molecule has 0 saturated carbocycles. The molecule has 5 heteroatoms. The predicted octanol–water partition coefficient (Wildman–Crippen LogP) is 3.86. The van der Waals surface area contributed by atoms with Crippen molar-refractivity contribution < 1.29 is 19.0 Å². The van der Waals surface area contributed by atoms with Crippen LogP contribution in [-0.4, -0.2) is 17.2 Å². The zero-order valence-electron chi connectivity index (χ0n) is 11.3. The fourth-order valence-electron chi connectivity index (χ4n) is 1.87. The van der Waals surface area contributed by atoms with Crippen molar-refractivity contribution in [3.63, 3.8) is 0 Å². The van der Waals surface area contributed by atoms with Gasteiger partial charge in [0.15, 0.2) is 6.10 Å². The van der Waals surface area contributed by atoms with Crippen LogP contribution >= 0.6 is 11.6 Å². The number of hydrogen-bond donors (Lipinski definition) is 1. The van der Waals surface area contributed by atoms with Crippen LogP contribution in [0, 0.1) is 12.7 Å². The number of aliphatic carboxylic acids is 1. The SMILES string of the molecule is Cc1cc(O[C@H](Cc2ccc(F)cc2)C(=O)O)ccc1Cl. The first-order valence-electron chi connectivity index (χ1n) is 6.36. The van der Waals surface area contributed by atoms with Crippen LogP contribution < -0.4 is 4.74 Å².